The van der Waals surface area contributed by atoms with E-state index in [2.05, 4.69) is 29.2 Å². The van der Waals surface area contributed by atoms with Gasteiger partial charge in [-0.25, -0.2) is 4.79 Å². The molecule has 0 saturated carbocycles. The molecular formula is C26H25ClN2O2. The Kier molecular flexibility index (Phi) is 6.44. The van der Waals surface area contributed by atoms with Gasteiger partial charge in [0, 0.05) is 29.7 Å². The number of hydrogen-bond donors (Lipinski definition) is 1. The van der Waals surface area contributed by atoms with Crippen molar-refractivity contribution in [1.29, 1.82) is 5.26 Å². The third-order valence-corrected chi connectivity index (χ3v) is 6.69. The minimum atomic E-state index is -0.911. The maximum Gasteiger partial charge on any atom is 0.335 e. The van der Waals surface area contributed by atoms with Crippen LogP contribution in [0.5, 0.6) is 0 Å². The topological polar surface area (TPSA) is 64.3 Å². The number of anilines is 1. The van der Waals surface area contributed by atoms with E-state index < -0.39 is 5.97 Å². The largest absolute Gasteiger partial charge is 0.478 e. The molecule has 2 aliphatic rings. The summed E-state index contributed by atoms with van der Waals surface area (Å²) in [5.74, 6) is -0.497. The summed E-state index contributed by atoms with van der Waals surface area (Å²) in [6.45, 7) is 1.72. The average molecular weight is 433 g/mol. The van der Waals surface area contributed by atoms with Crippen molar-refractivity contribution in [3.63, 3.8) is 0 Å². The van der Waals surface area contributed by atoms with E-state index in [1.807, 2.05) is 36.4 Å². The number of rotatable bonds is 5. The van der Waals surface area contributed by atoms with Gasteiger partial charge in [0.05, 0.1) is 17.6 Å². The Balaban J connectivity index is 1.48. The second kappa shape index (κ2) is 9.41. The number of halogens is 1. The smallest absolute Gasteiger partial charge is 0.335 e. The normalized spacial score (nSPS) is 20.1. The molecule has 1 fully saturated rings. The fraction of sp³-hybridized carbons (Fsp3) is 0.308. The van der Waals surface area contributed by atoms with Gasteiger partial charge in [0.1, 0.15) is 0 Å². The van der Waals surface area contributed by atoms with Crippen molar-refractivity contribution in [2.45, 2.75) is 31.1 Å². The monoisotopic (exact) mass is 432 g/mol. The molecule has 4 rings (SSSR count). The highest BCUT2D eigenvalue weighted by atomic mass is 35.5. The predicted octanol–water partition coefficient (Wildman–Crippen LogP) is 6.07. The molecule has 4 nitrogen and oxygen atoms in total. The predicted molar refractivity (Wildman–Crippen MR) is 124 cm³/mol. The molecule has 1 aliphatic carbocycles. The van der Waals surface area contributed by atoms with Crippen LogP contribution in [0.4, 0.5) is 5.69 Å². The van der Waals surface area contributed by atoms with Crippen molar-refractivity contribution in [3.05, 3.63) is 88.5 Å². The van der Waals surface area contributed by atoms with Crippen LogP contribution in [0.1, 0.15) is 52.6 Å². The molecule has 0 amide bonds. The summed E-state index contributed by atoms with van der Waals surface area (Å²) in [4.78, 5) is 13.4. The van der Waals surface area contributed by atoms with Gasteiger partial charge in [-0.3, -0.25) is 0 Å². The number of aromatic carboxylic acids is 1. The van der Waals surface area contributed by atoms with E-state index >= 15 is 0 Å². The number of carbonyl (C=O) groups is 1. The lowest BCUT2D eigenvalue weighted by molar-refractivity contribution is 0.0697. The van der Waals surface area contributed by atoms with Crippen LogP contribution in [0, 0.1) is 17.2 Å². The fourth-order valence-electron chi connectivity index (χ4n) is 4.69. The summed E-state index contributed by atoms with van der Waals surface area (Å²) < 4.78 is 0. The third kappa shape index (κ3) is 4.68. The number of nitriles is 1. The lowest BCUT2D eigenvalue weighted by Gasteiger charge is -2.36. The van der Waals surface area contributed by atoms with E-state index in [-0.39, 0.29) is 11.8 Å². The Bertz CT molecular complexity index is 1040. The number of nitrogens with zero attached hydrogens (tertiary/aromatic N) is 2. The molecule has 1 heterocycles. The summed E-state index contributed by atoms with van der Waals surface area (Å²) >= 11 is 6.10. The van der Waals surface area contributed by atoms with Crippen LogP contribution in [0.15, 0.2) is 71.8 Å². The summed E-state index contributed by atoms with van der Waals surface area (Å²) in [5.41, 5.74) is 3.69. The van der Waals surface area contributed by atoms with Crippen molar-refractivity contribution in [1.82, 2.24) is 0 Å². The first-order valence-electron chi connectivity index (χ1n) is 10.7. The van der Waals surface area contributed by atoms with Crippen LogP contribution in [0.2, 0.25) is 0 Å². The quantitative estimate of drug-likeness (QED) is 0.622. The first kappa shape index (κ1) is 21.2. The Morgan fingerprint density at radius 2 is 1.84 bits per heavy atom. The van der Waals surface area contributed by atoms with E-state index in [1.54, 1.807) is 12.1 Å². The van der Waals surface area contributed by atoms with Crippen LogP contribution >= 0.6 is 11.6 Å². The summed E-state index contributed by atoms with van der Waals surface area (Å²) in [7, 11) is 0. The van der Waals surface area contributed by atoms with Gasteiger partial charge in [-0.1, -0.05) is 48.0 Å². The molecule has 158 valence electrons. The molecule has 2 atom stereocenters. The minimum absolute atomic E-state index is 0.137. The number of benzene rings is 2. The van der Waals surface area contributed by atoms with Crippen LogP contribution in [0.25, 0.3) is 0 Å². The lowest BCUT2D eigenvalue weighted by Crippen LogP contribution is -2.35. The molecule has 2 aromatic carbocycles. The van der Waals surface area contributed by atoms with Gasteiger partial charge in [-0.15, -0.1) is 0 Å². The van der Waals surface area contributed by atoms with Crippen molar-refractivity contribution in [2.24, 2.45) is 5.92 Å². The lowest BCUT2D eigenvalue weighted by atomic mass is 9.76. The van der Waals surface area contributed by atoms with Crippen LogP contribution in [-0.4, -0.2) is 24.2 Å². The van der Waals surface area contributed by atoms with Gasteiger partial charge in [-0.05, 0) is 66.6 Å². The Morgan fingerprint density at radius 3 is 2.45 bits per heavy atom. The molecule has 5 heteroatoms. The van der Waals surface area contributed by atoms with Crippen molar-refractivity contribution < 1.29 is 9.90 Å². The zero-order chi connectivity index (χ0) is 21.8. The molecule has 0 spiro atoms. The maximum absolute atomic E-state index is 11.1. The Hall–Kier alpha value is -3.03. The number of hydrogen-bond acceptors (Lipinski definition) is 3. The zero-order valence-corrected chi connectivity index (χ0v) is 18.0. The number of allylic oxidation sites excluding steroid dienone is 4. The standard InChI is InChI=1S/C26H25ClN2O2/c27-21-9-5-18(6-10-21)23-3-1-2-4-24(23)25(17-28)19-13-15-29(16-14-19)22-11-7-20(8-12-22)26(30)31/h1-5,7-12,18-19,25H,6,13-16H2,(H,30,31)/t18?,25-/m1/s1. The van der Waals surface area contributed by atoms with E-state index in [9.17, 15) is 10.1 Å². The van der Waals surface area contributed by atoms with E-state index in [0.29, 0.717) is 11.5 Å². The first-order valence-corrected chi connectivity index (χ1v) is 11.0. The molecule has 1 saturated heterocycles. The minimum Gasteiger partial charge on any atom is -0.478 e. The van der Waals surface area contributed by atoms with E-state index in [1.165, 1.54) is 5.56 Å². The van der Waals surface area contributed by atoms with Gasteiger partial charge in [0.15, 0.2) is 0 Å². The Morgan fingerprint density at radius 1 is 1.13 bits per heavy atom. The molecular weight excluding hydrogens is 408 g/mol. The first-order chi connectivity index (χ1) is 15.1. The molecule has 0 radical (unpaired) electrons. The highest BCUT2D eigenvalue weighted by Crippen LogP contribution is 2.39. The van der Waals surface area contributed by atoms with Gasteiger partial charge in [-0.2, -0.15) is 5.26 Å². The van der Waals surface area contributed by atoms with Crippen LogP contribution < -0.4 is 4.90 Å². The van der Waals surface area contributed by atoms with Gasteiger partial charge in [0.25, 0.3) is 0 Å². The highest BCUT2D eigenvalue weighted by Gasteiger charge is 2.30. The molecule has 1 N–H and O–H groups in total. The zero-order valence-electron chi connectivity index (χ0n) is 17.2. The number of carboxylic acids is 1. The maximum atomic E-state index is 11.1. The SMILES string of the molecule is N#C[C@@H](c1ccccc1C1C=CC(Cl)=CC1)C1CCN(c2ccc(C(=O)O)cc2)CC1. The molecule has 2 aromatic rings. The molecule has 31 heavy (non-hydrogen) atoms. The summed E-state index contributed by atoms with van der Waals surface area (Å²) in [6, 6.07) is 18.0. The van der Waals surface area contributed by atoms with Crippen molar-refractivity contribution in [3.8, 4) is 6.07 Å². The van der Waals surface area contributed by atoms with Crippen molar-refractivity contribution in [2.75, 3.05) is 18.0 Å². The average Bonchev–Trinajstić information content (AvgIpc) is 2.81. The highest BCUT2D eigenvalue weighted by molar-refractivity contribution is 6.31. The van der Waals surface area contributed by atoms with Crippen molar-refractivity contribution >= 4 is 23.3 Å². The summed E-state index contributed by atoms with van der Waals surface area (Å²) in [6.07, 6.45) is 8.84. The summed E-state index contributed by atoms with van der Waals surface area (Å²) in [5, 5.41) is 20.0. The number of carboxylic acid groups (broad SMARTS) is 1. The molecule has 0 bridgehead atoms. The van der Waals surface area contributed by atoms with Crippen LogP contribution in [0.3, 0.4) is 0 Å². The van der Waals surface area contributed by atoms with Gasteiger partial charge >= 0.3 is 5.97 Å². The van der Waals surface area contributed by atoms with E-state index in [0.717, 1.165) is 48.6 Å². The van der Waals surface area contributed by atoms with Crippen LogP contribution in [-0.2, 0) is 0 Å². The number of piperidine rings is 1. The molecule has 0 aromatic heterocycles. The molecule has 1 aliphatic heterocycles. The fourth-order valence-corrected chi connectivity index (χ4v) is 4.85. The second-order valence-corrected chi connectivity index (χ2v) is 8.64. The Labute approximate surface area is 188 Å². The second-order valence-electron chi connectivity index (χ2n) is 8.20. The van der Waals surface area contributed by atoms with E-state index in [4.69, 9.17) is 16.7 Å². The van der Waals surface area contributed by atoms with Gasteiger partial charge < -0.3 is 10.0 Å². The third-order valence-electron chi connectivity index (χ3n) is 6.41. The molecule has 1 unspecified atom stereocenters. The van der Waals surface area contributed by atoms with Gasteiger partial charge in [0.2, 0.25) is 0 Å².